The van der Waals surface area contributed by atoms with Crippen molar-refractivity contribution in [1.82, 2.24) is 9.97 Å². The number of rotatable bonds is 4. The molecule has 1 aromatic carbocycles. The van der Waals surface area contributed by atoms with Gasteiger partial charge in [0.2, 0.25) is 5.91 Å². The van der Waals surface area contributed by atoms with Gasteiger partial charge in [0.05, 0.1) is 5.69 Å². The number of carbonyl (C=O) groups is 1. The van der Waals surface area contributed by atoms with Crippen LogP contribution in [0.5, 0.6) is 0 Å². The van der Waals surface area contributed by atoms with Crippen LogP contribution in [-0.2, 0) is 17.6 Å². The van der Waals surface area contributed by atoms with Crippen LogP contribution >= 0.6 is 11.3 Å². The zero-order valence-corrected chi connectivity index (χ0v) is 15.6. The summed E-state index contributed by atoms with van der Waals surface area (Å²) in [6.45, 7) is 3.01. The van der Waals surface area contributed by atoms with Crippen LogP contribution < -0.4 is 4.90 Å². The highest BCUT2D eigenvalue weighted by atomic mass is 32.1. The van der Waals surface area contributed by atoms with Gasteiger partial charge >= 0.3 is 0 Å². The summed E-state index contributed by atoms with van der Waals surface area (Å²) in [5, 5.41) is 3.03. The number of aromatic nitrogens is 2. The summed E-state index contributed by atoms with van der Waals surface area (Å²) in [5.41, 5.74) is 4.40. The Bertz CT molecular complexity index is 906. The maximum Gasteiger partial charge on any atom is 0.227 e. The Labute approximate surface area is 157 Å². The van der Waals surface area contributed by atoms with Crippen molar-refractivity contribution in [1.29, 1.82) is 0 Å². The first-order valence-electron chi connectivity index (χ1n) is 8.94. The molecule has 0 saturated heterocycles. The number of aryl methyl sites for hydroxylation is 1. The van der Waals surface area contributed by atoms with Gasteiger partial charge in [-0.25, -0.2) is 4.98 Å². The van der Waals surface area contributed by atoms with E-state index in [4.69, 9.17) is 0 Å². The van der Waals surface area contributed by atoms with Gasteiger partial charge < -0.3 is 4.90 Å². The van der Waals surface area contributed by atoms with Gasteiger partial charge in [-0.15, -0.1) is 11.3 Å². The molecule has 4 nitrogen and oxygen atoms in total. The normalized spacial score (nSPS) is 16.3. The molecule has 5 heteroatoms. The first-order valence-corrected chi connectivity index (χ1v) is 9.82. The van der Waals surface area contributed by atoms with Gasteiger partial charge in [-0.1, -0.05) is 25.1 Å². The molecule has 0 bridgehead atoms. The molecule has 0 spiro atoms. The molecule has 26 heavy (non-hydrogen) atoms. The second-order valence-corrected chi connectivity index (χ2v) is 7.68. The third-order valence-electron chi connectivity index (χ3n) is 4.72. The molecule has 1 amide bonds. The number of para-hydroxylation sites is 1. The van der Waals surface area contributed by atoms with Crippen molar-refractivity contribution >= 4 is 22.9 Å². The van der Waals surface area contributed by atoms with E-state index in [9.17, 15) is 4.79 Å². The molecule has 3 aromatic rings. The Morgan fingerprint density at radius 3 is 2.88 bits per heavy atom. The number of hydrogen-bond acceptors (Lipinski definition) is 4. The van der Waals surface area contributed by atoms with Gasteiger partial charge in [0.15, 0.2) is 0 Å². The molecule has 0 aliphatic carbocycles. The number of carbonyl (C=O) groups excluding carboxylic acids is 1. The minimum atomic E-state index is 0.183. The van der Waals surface area contributed by atoms with Crippen LogP contribution in [-0.4, -0.2) is 22.4 Å². The highest BCUT2D eigenvalue weighted by molar-refractivity contribution is 7.13. The number of hydrogen-bond donors (Lipinski definition) is 0. The molecule has 3 heterocycles. The summed E-state index contributed by atoms with van der Waals surface area (Å²) in [5.74, 6) is 0.675. The van der Waals surface area contributed by atoms with Crippen molar-refractivity contribution in [2.75, 3.05) is 11.4 Å². The molecule has 1 aliphatic heterocycles. The SMILES string of the molecule is CC1Cc2ccccc2N(C(=O)CCc2csc(-c3ccncc3)n2)C1. The predicted octanol–water partition coefficient (Wildman–Crippen LogP) is 4.36. The van der Waals surface area contributed by atoms with Crippen molar-refractivity contribution < 1.29 is 4.79 Å². The summed E-state index contributed by atoms with van der Waals surface area (Å²) in [7, 11) is 0. The Hall–Kier alpha value is -2.53. The van der Waals surface area contributed by atoms with Gasteiger partial charge in [-0.05, 0) is 42.5 Å². The largest absolute Gasteiger partial charge is 0.312 e. The van der Waals surface area contributed by atoms with Gasteiger partial charge in [0.25, 0.3) is 0 Å². The molecule has 0 N–H and O–H groups in total. The van der Waals surface area contributed by atoms with Gasteiger partial charge in [0.1, 0.15) is 5.01 Å². The Kier molecular flexibility index (Phi) is 4.80. The minimum absolute atomic E-state index is 0.183. The molecule has 2 aromatic heterocycles. The van der Waals surface area contributed by atoms with E-state index in [1.165, 1.54) is 5.56 Å². The summed E-state index contributed by atoms with van der Waals surface area (Å²) in [6, 6.07) is 12.2. The zero-order chi connectivity index (χ0) is 17.9. The topological polar surface area (TPSA) is 46.1 Å². The van der Waals surface area contributed by atoms with Crippen molar-refractivity contribution in [3.05, 3.63) is 65.4 Å². The zero-order valence-electron chi connectivity index (χ0n) is 14.8. The van der Waals surface area contributed by atoms with Crippen LogP contribution in [0, 0.1) is 5.92 Å². The molecular formula is C21H21N3OS. The van der Waals surface area contributed by atoms with Crippen molar-refractivity contribution in [3.8, 4) is 10.6 Å². The lowest BCUT2D eigenvalue weighted by Crippen LogP contribution is -2.39. The third kappa shape index (κ3) is 3.53. The maximum absolute atomic E-state index is 12.8. The Balaban J connectivity index is 1.44. The summed E-state index contributed by atoms with van der Waals surface area (Å²) >= 11 is 1.62. The molecule has 132 valence electrons. The van der Waals surface area contributed by atoms with Gasteiger partial charge in [-0.2, -0.15) is 0 Å². The first kappa shape index (κ1) is 16.9. The summed E-state index contributed by atoms with van der Waals surface area (Å²) in [6.07, 6.45) is 5.75. The lowest BCUT2D eigenvalue weighted by molar-refractivity contribution is -0.118. The van der Waals surface area contributed by atoms with Crippen LogP contribution in [0.3, 0.4) is 0 Å². The molecule has 0 saturated carbocycles. The number of anilines is 1. The second-order valence-electron chi connectivity index (χ2n) is 6.82. The fourth-order valence-corrected chi connectivity index (χ4v) is 4.31. The fraction of sp³-hybridized carbons (Fsp3) is 0.286. The molecule has 0 radical (unpaired) electrons. The summed E-state index contributed by atoms with van der Waals surface area (Å²) < 4.78 is 0. The van der Waals surface area contributed by atoms with Crippen molar-refractivity contribution in [2.24, 2.45) is 5.92 Å². The van der Waals surface area contributed by atoms with Crippen molar-refractivity contribution in [3.63, 3.8) is 0 Å². The van der Waals surface area contributed by atoms with Crippen molar-refractivity contribution in [2.45, 2.75) is 26.2 Å². The van der Waals surface area contributed by atoms with E-state index in [1.807, 2.05) is 23.1 Å². The highest BCUT2D eigenvalue weighted by Crippen LogP contribution is 2.30. The number of amides is 1. The molecule has 1 aliphatic rings. The molecule has 1 unspecified atom stereocenters. The third-order valence-corrected chi connectivity index (χ3v) is 5.66. The van der Waals surface area contributed by atoms with Gasteiger partial charge in [0, 0.05) is 42.0 Å². The summed E-state index contributed by atoms with van der Waals surface area (Å²) in [4.78, 5) is 23.5. The van der Waals surface area contributed by atoms with Crippen LogP contribution in [0.2, 0.25) is 0 Å². The number of thiazole rings is 1. The van der Waals surface area contributed by atoms with Crippen LogP contribution in [0.4, 0.5) is 5.69 Å². The van der Waals surface area contributed by atoms with Crippen LogP contribution in [0.15, 0.2) is 54.2 Å². The molecule has 4 rings (SSSR count). The lowest BCUT2D eigenvalue weighted by atomic mass is 9.93. The monoisotopic (exact) mass is 363 g/mol. The predicted molar refractivity (Wildman–Crippen MR) is 105 cm³/mol. The van der Waals surface area contributed by atoms with E-state index in [1.54, 1.807) is 23.7 Å². The fourth-order valence-electron chi connectivity index (χ4n) is 3.45. The highest BCUT2D eigenvalue weighted by Gasteiger charge is 2.25. The average molecular weight is 363 g/mol. The minimum Gasteiger partial charge on any atom is -0.312 e. The van der Waals surface area contributed by atoms with E-state index in [0.717, 1.165) is 34.9 Å². The number of pyridine rings is 1. The number of fused-ring (bicyclic) bond motifs is 1. The van der Waals surface area contributed by atoms with E-state index in [0.29, 0.717) is 18.8 Å². The van der Waals surface area contributed by atoms with E-state index in [-0.39, 0.29) is 5.91 Å². The van der Waals surface area contributed by atoms with E-state index < -0.39 is 0 Å². The lowest BCUT2D eigenvalue weighted by Gasteiger charge is -2.33. The Morgan fingerprint density at radius 1 is 1.23 bits per heavy atom. The van der Waals surface area contributed by atoms with Crippen LogP contribution in [0.1, 0.15) is 24.6 Å². The first-order chi connectivity index (χ1) is 12.7. The Morgan fingerprint density at radius 2 is 2.04 bits per heavy atom. The standard InChI is InChI=1S/C21H21N3OS/c1-15-12-17-4-2-3-5-19(17)24(13-15)20(25)7-6-18-14-26-21(23-18)16-8-10-22-11-9-16/h2-5,8-11,14-15H,6-7,12-13H2,1H3. The average Bonchev–Trinajstić information content (AvgIpc) is 3.15. The van der Waals surface area contributed by atoms with E-state index in [2.05, 4.69) is 40.5 Å². The quantitative estimate of drug-likeness (QED) is 0.692. The van der Waals surface area contributed by atoms with Gasteiger partial charge in [-0.3, -0.25) is 9.78 Å². The number of nitrogens with zero attached hydrogens (tertiary/aromatic N) is 3. The number of benzene rings is 1. The molecular weight excluding hydrogens is 342 g/mol. The van der Waals surface area contributed by atoms with E-state index >= 15 is 0 Å². The smallest absolute Gasteiger partial charge is 0.227 e. The van der Waals surface area contributed by atoms with Crippen LogP contribution in [0.25, 0.3) is 10.6 Å². The molecule has 0 fully saturated rings. The second kappa shape index (κ2) is 7.38. The molecule has 1 atom stereocenters. The maximum atomic E-state index is 12.8.